The van der Waals surface area contributed by atoms with E-state index in [0.29, 0.717) is 6.04 Å². The number of nitrogens with zero attached hydrogens (tertiary/aromatic N) is 5. The molecule has 0 saturated carbocycles. The number of nitrogens with one attached hydrogen (secondary N) is 1. The Bertz CT molecular complexity index is 932. The summed E-state index contributed by atoms with van der Waals surface area (Å²) in [6.45, 7) is 6.09. The molecule has 0 bridgehead atoms. The molecule has 1 fully saturated rings. The zero-order valence-electron chi connectivity index (χ0n) is 16.2. The second kappa shape index (κ2) is 7.48. The van der Waals surface area contributed by atoms with E-state index in [9.17, 15) is 0 Å². The van der Waals surface area contributed by atoms with Crippen molar-refractivity contribution in [3.05, 3.63) is 65.2 Å². The number of aryl methyl sites for hydroxylation is 3. The van der Waals surface area contributed by atoms with E-state index in [-0.39, 0.29) is 0 Å². The van der Waals surface area contributed by atoms with Crippen LogP contribution < -0.4 is 5.32 Å². The smallest absolute Gasteiger partial charge is 0.131 e. The molecule has 140 valence electrons. The van der Waals surface area contributed by atoms with E-state index in [4.69, 9.17) is 4.98 Å². The number of anilines is 2. The molecule has 6 nitrogen and oxygen atoms in total. The van der Waals surface area contributed by atoms with Crippen molar-refractivity contribution in [1.82, 2.24) is 24.6 Å². The predicted octanol–water partition coefficient (Wildman–Crippen LogP) is 3.91. The second-order valence-electron chi connectivity index (χ2n) is 7.28. The fourth-order valence-corrected chi connectivity index (χ4v) is 3.82. The average Bonchev–Trinajstić information content (AvgIpc) is 3.22. The van der Waals surface area contributed by atoms with E-state index < -0.39 is 0 Å². The molecule has 0 aliphatic carbocycles. The van der Waals surface area contributed by atoms with Crippen LogP contribution in [0.3, 0.4) is 0 Å². The van der Waals surface area contributed by atoms with Gasteiger partial charge in [-0.15, -0.1) is 0 Å². The lowest BCUT2D eigenvalue weighted by Crippen LogP contribution is -2.23. The van der Waals surface area contributed by atoms with Crippen LogP contribution in [0.2, 0.25) is 0 Å². The molecule has 0 radical (unpaired) electrons. The first kappa shape index (κ1) is 17.7. The number of pyridine rings is 2. The maximum atomic E-state index is 4.89. The van der Waals surface area contributed by atoms with Crippen LogP contribution in [-0.4, -0.2) is 31.2 Å². The summed E-state index contributed by atoms with van der Waals surface area (Å²) in [6.07, 6.45) is 4.46. The molecule has 0 amide bonds. The summed E-state index contributed by atoms with van der Waals surface area (Å²) in [4.78, 5) is 11.9. The van der Waals surface area contributed by atoms with E-state index >= 15 is 0 Å². The van der Waals surface area contributed by atoms with Gasteiger partial charge in [0, 0.05) is 31.0 Å². The summed E-state index contributed by atoms with van der Waals surface area (Å²) in [5.74, 6) is 1.67. The summed E-state index contributed by atoms with van der Waals surface area (Å²) in [5, 5.41) is 7.81. The van der Waals surface area contributed by atoms with Crippen molar-refractivity contribution < 1.29 is 0 Å². The van der Waals surface area contributed by atoms with Gasteiger partial charge in [-0.2, -0.15) is 5.10 Å². The van der Waals surface area contributed by atoms with Crippen molar-refractivity contribution in [2.75, 3.05) is 11.9 Å². The first-order valence-electron chi connectivity index (χ1n) is 9.49. The fourth-order valence-electron chi connectivity index (χ4n) is 3.82. The van der Waals surface area contributed by atoms with Gasteiger partial charge in [-0.3, -0.25) is 9.58 Å². The molecule has 4 heterocycles. The Balaban J connectivity index is 1.52. The summed E-state index contributed by atoms with van der Waals surface area (Å²) < 4.78 is 1.90. The van der Waals surface area contributed by atoms with Gasteiger partial charge in [-0.1, -0.05) is 12.1 Å². The van der Waals surface area contributed by atoms with Crippen molar-refractivity contribution in [1.29, 1.82) is 0 Å². The largest absolute Gasteiger partial charge is 0.325 e. The highest BCUT2D eigenvalue weighted by atomic mass is 15.3. The topological polar surface area (TPSA) is 58.9 Å². The van der Waals surface area contributed by atoms with Crippen LogP contribution in [0.4, 0.5) is 11.6 Å². The lowest BCUT2D eigenvalue weighted by Gasteiger charge is -2.24. The van der Waals surface area contributed by atoms with Crippen molar-refractivity contribution in [2.24, 2.45) is 7.05 Å². The Morgan fingerprint density at radius 3 is 2.59 bits per heavy atom. The first-order valence-corrected chi connectivity index (χ1v) is 9.49. The minimum Gasteiger partial charge on any atom is -0.325 e. The third kappa shape index (κ3) is 4.01. The van der Waals surface area contributed by atoms with Crippen molar-refractivity contribution in [3.8, 4) is 0 Å². The summed E-state index contributed by atoms with van der Waals surface area (Å²) in [6, 6.07) is 12.5. The summed E-state index contributed by atoms with van der Waals surface area (Å²) >= 11 is 0. The molecule has 1 saturated heterocycles. The number of likely N-dealkylation sites (tertiary alicyclic amines) is 1. The maximum absolute atomic E-state index is 4.89. The second-order valence-corrected chi connectivity index (χ2v) is 7.28. The standard InChI is InChI=1S/C21H26N6/c1-15-7-4-10-20(22-15)24-21-11-5-8-18(23-21)19-9-6-12-27(19)14-17-13-26(3)25-16(17)2/h4-5,7-8,10-11,13,19H,6,9,12,14H2,1-3H3,(H,22,23,24). The molecule has 27 heavy (non-hydrogen) atoms. The normalized spacial score (nSPS) is 17.4. The molecular formula is C21H26N6. The average molecular weight is 362 g/mol. The van der Waals surface area contributed by atoms with Gasteiger partial charge in [0.25, 0.3) is 0 Å². The number of hydrogen-bond acceptors (Lipinski definition) is 5. The van der Waals surface area contributed by atoms with Gasteiger partial charge >= 0.3 is 0 Å². The Hall–Kier alpha value is -2.73. The molecule has 4 rings (SSSR count). The Morgan fingerprint density at radius 1 is 1.07 bits per heavy atom. The van der Waals surface area contributed by atoms with Crippen LogP contribution in [0.25, 0.3) is 0 Å². The highest BCUT2D eigenvalue weighted by Gasteiger charge is 2.28. The fraction of sp³-hybridized carbons (Fsp3) is 0.381. The molecule has 1 N–H and O–H groups in total. The van der Waals surface area contributed by atoms with Gasteiger partial charge < -0.3 is 5.32 Å². The van der Waals surface area contributed by atoms with Crippen LogP contribution in [-0.2, 0) is 13.6 Å². The zero-order valence-corrected chi connectivity index (χ0v) is 16.2. The molecule has 3 aromatic heterocycles. The SMILES string of the molecule is Cc1cccc(Nc2cccc(C3CCCN3Cc3cn(C)nc3C)n2)n1. The van der Waals surface area contributed by atoms with Gasteiger partial charge in [0.1, 0.15) is 11.6 Å². The third-order valence-corrected chi connectivity index (χ3v) is 5.11. The van der Waals surface area contributed by atoms with Gasteiger partial charge in [0.2, 0.25) is 0 Å². The lowest BCUT2D eigenvalue weighted by atomic mass is 10.1. The van der Waals surface area contributed by atoms with E-state index in [0.717, 1.165) is 48.2 Å². The Kier molecular flexibility index (Phi) is 4.90. The number of rotatable bonds is 5. The first-order chi connectivity index (χ1) is 13.1. The highest BCUT2D eigenvalue weighted by Crippen LogP contribution is 2.33. The van der Waals surface area contributed by atoms with Crippen molar-refractivity contribution >= 4 is 11.6 Å². The zero-order chi connectivity index (χ0) is 18.8. The predicted molar refractivity (Wildman–Crippen MR) is 107 cm³/mol. The van der Waals surface area contributed by atoms with Gasteiger partial charge in [0.15, 0.2) is 0 Å². The minimum absolute atomic E-state index is 0.344. The van der Waals surface area contributed by atoms with Crippen LogP contribution in [0.5, 0.6) is 0 Å². The molecule has 0 spiro atoms. The Labute approximate surface area is 160 Å². The van der Waals surface area contributed by atoms with Crippen LogP contribution >= 0.6 is 0 Å². The van der Waals surface area contributed by atoms with E-state index in [2.05, 4.69) is 45.6 Å². The quantitative estimate of drug-likeness (QED) is 0.746. The molecule has 6 heteroatoms. The molecule has 1 unspecified atom stereocenters. The molecule has 1 atom stereocenters. The van der Waals surface area contributed by atoms with E-state index in [1.54, 1.807) is 0 Å². The van der Waals surface area contributed by atoms with Gasteiger partial charge in [-0.05, 0) is 57.5 Å². The molecule has 3 aromatic rings. The maximum Gasteiger partial charge on any atom is 0.131 e. The van der Waals surface area contributed by atoms with E-state index in [1.165, 1.54) is 12.0 Å². The minimum atomic E-state index is 0.344. The highest BCUT2D eigenvalue weighted by molar-refractivity contribution is 5.51. The van der Waals surface area contributed by atoms with Crippen molar-refractivity contribution in [3.63, 3.8) is 0 Å². The molecule has 1 aliphatic rings. The van der Waals surface area contributed by atoms with Crippen LogP contribution in [0.1, 0.15) is 41.5 Å². The molecule has 1 aliphatic heterocycles. The molecule has 0 aromatic carbocycles. The number of aromatic nitrogens is 4. The monoisotopic (exact) mass is 362 g/mol. The van der Waals surface area contributed by atoms with Gasteiger partial charge in [-0.25, -0.2) is 9.97 Å². The summed E-state index contributed by atoms with van der Waals surface area (Å²) in [5.41, 5.74) is 4.51. The lowest BCUT2D eigenvalue weighted by molar-refractivity contribution is 0.244. The molecular weight excluding hydrogens is 336 g/mol. The van der Waals surface area contributed by atoms with Crippen LogP contribution in [0.15, 0.2) is 42.6 Å². The van der Waals surface area contributed by atoms with E-state index in [1.807, 2.05) is 42.9 Å². The van der Waals surface area contributed by atoms with Crippen LogP contribution in [0, 0.1) is 13.8 Å². The number of hydrogen-bond donors (Lipinski definition) is 1. The van der Waals surface area contributed by atoms with Gasteiger partial charge in [0.05, 0.1) is 17.4 Å². The Morgan fingerprint density at radius 2 is 1.85 bits per heavy atom. The summed E-state index contributed by atoms with van der Waals surface area (Å²) in [7, 11) is 1.98. The third-order valence-electron chi connectivity index (χ3n) is 5.11. The van der Waals surface area contributed by atoms with Crippen molar-refractivity contribution in [2.45, 2.75) is 39.3 Å².